The molecule has 0 aromatic heterocycles. The Balaban J connectivity index is 1.49. The maximum atomic E-state index is 13.8. The van der Waals surface area contributed by atoms with E-state index in [0.717, 1.165) is 37.3 Å². The Hall–Kier alpha value is -3.26. The highest BCUT2D eigenvalue weighted by Gasteiger charge is 2.28. The molecule has 2 aromatic carbocycles. The van der Waals surface area contributed by atoms with Gasteiger partial charge in [0.15, 0.2) is 0 Å². The van der Waals surface area contributed by atoms with Gasteiger partial charge >= 0.3 is 6.03 Å². The second kappa shape index (κ2) is 12.1. The van der Waals surface area contributed by atoms with Crippen LogP contribution in [0.1, 0.15) is 25.3 Å². The SMILES string of the molecule is CCCC(NC(=O)Nc1ccc(F)cc1F)C(=O)N1CCN(C/C=C/c2ccccc2)CC1. The van der Waals surface area contributed by atoms with Gasteiger partial charge in [-0.05, 0) is 24.1 Å². The molecule has 1 heterocycles. The Morgan fingerprint density at radius 3 is 2.45 bits per heavy atom. The van der Waals surface area contributed by atoms with Gasteiger partial charge in [0.05, 0.1) is 5.69 Å². The quantitative estimate of drug-likeness (QED) is 0.628. The fourth-order valence-electron chi connectivity index (χ4n) is 3.73. The molecule has 0 saturated carbocycles. The number of nitrogens with zero attached hydrogens (tertiary/aromatic N) is 2. The fourth-order valence-corrected chi connectivity index (χ4v) is 3.73. The number of anilines is 1. The third-order valence-corrected chi connectivity index (χ3v) is 5.52. The summed E-state index contributed by atoms with van der Waals surface area (Å²) in [6.07, 6.45) is 5.37. The normalized spacial score (nSPS) is 15.4. The fraction of sp³-hybridized carbons (Fsp3) is 0.360. The number of nitrogens with one attached hydrogen (secondary N) is 2. The van der Waals surface area contributed by atoms with Crippen molar-refractivity contribution in [3.63, 3.8) is 0 Å². The monoisotopic (exact) mass is 456 g/mol. The first-order valence-electron chi connectivity index (χ1n) is 11.2. The van der Waals surface area contributed by atoms with Crippen molar-refractivity contribution in [2.45, 2.75) is 25.8 Å². The highest BCUT2D eigenvalue weighted by Crippen LogP contribution is 2.15. The molecule has 1 aliphatic heterocycles. The lowest BCUT2D eigenvalue weighted by atomic mass is 10.1. The first-order chi connectivity index (χ1) is 16.0. The Morgan fingerprint density at radius 1 is 1.06 bits per heavy atom. The summed E-state index contributed by atoms with van der Waals surface area (Å²) in [5.74, 6) is -1.75. The van der Waals surface area contributed by atoms with Crippen LogP contribution in [0, 0.1) is 11.6 Å². The van der Waals surface area contributed by atoms with E-state index in [4.69, 9.17) is 0 Å². The minimum absolute atomic E-state index is 0.145. The van der Waals surface area contributed by atoms with Crippen LogP contribution in [0.25, 0.3) is 6.08 Å². The molecule has 3 rings (SSSR count). The number of urea groups is 1. The first kappa shape index (κ1) is 24.4. The zero-order valence-corrected chi connectivity index (χ0v) is 18.8. The molecule has 8 heteroatoms. The lowest BCUT2D eigenvalue weighted by molar-refractivity contribution is -0.135. The molecule has 0 aliphatic carbocycles. The zero-order valence-electron chi connectivity index (χ0n) is 18.8. The van der Waals surface area contributed by atoms with Crippen molar-refractivity contribution in [2.75, 3.05) is 38.0 Å². The summed E-state index contributed by atoms with van der Waals surface area (Å²) in [5.41, 5.74) is 1.01. The van der Waals surface area contributed by atoms with Crippen LogP contribution in [0.15, 0.2) is 54.6 Å². The molecule has 2 N–H and O–H groups in total. The van der Waals surface area contributed by atoms with E-state index in [9.17, 15) is 18.4 Å². The number of carbonyl (C=O) groups is 2. The van der Waals surface area contributed by atoms with Crippen molar-refractivity contribution in [1.29, 1.82) is 0 Å². The molecule has 1 saturated heterocycles. The molecule has 33 heavy (non-hydrogen) atoms. The first-order valence-corrected chi connectivity index (χ1v) is 11.2. The van der Waals surface area contributed by atoms with E-state index in [1.165, 1.54) is 0 Å². The van der Waals surface area contributed by atoms with Gasteiger partial charge in [-0.1, -0.05) is 55.8 Å². The average Bonchev–Trinajstić information content (AvgIpc) is 2.81. The highest BCUT2D eigenvalue weighted by molar-refractivity contribution is 5.93. The number of rotatable bonds is 8. The van der Waals surface area contributed by atoms with Gasteiger partial charge in [-0.3, -0.25) is 9.69 Å². The molecule has 0 radical (unpaired) electrons. The zero-order chi connectivity index (χ0) is 23.6. The summed E-state index contributed by atoms with van der Waals surface area (Å²) in [6.45, 7) is 5.38. The molecule has 2 aromatic rings. The number of carbonyl (C=O) groups excluding carboxylic acids is 2. The van der Waals surface area contributed by atoms with Crippen molar-refractivity contribution < 1.29 is 18.4 Å². The number of hydrogen-bond acceptors (Lipinski definition) is 3. The van der Waals surface area contributed by atoms with Gasteiger partial charge in [-0.2, -0.15) is 0 Å². The number of amides is 3. The van der Waals surface area contributed by atoms with E-state index in [1.807, 2.05) is 25.1 Å². The molecule has 1 fully saturated rings. The van der Waals surface area contributed by atoms with Gasteiger partial charge in [0.2, 0.25) is 5.91 Å². The lowest BCUT2D eigenvalue weighted by Gasteiger charge is -2.36. The van der Waals surface area contributed by atoms with Crippen molar-refractivity contribution >= 4 is 23.7 Å². The van der Waals surface area contributed by atoms with Crippen LogP contribution < -0.4 is 10.6 Å². The minimum Gasteiger partial charge on any atom is -0.338 e. The van der Waals surface area contributed by atoms with Crippen molar-refractivity contribution in [1.82, 2.24) is 15.1 Å². The topological polar surface area (TPSA) is 64.7 Å². The predicted octanol–water partition coefficient (Wildman–Crippen LogP) is 4.11. The molecular weight excluding hydrogens is 426 g/mol. The van der Waals surface area contributed by atoms with Crippen LogP contribution in [0.4, 0.5) is 19.3 Å². The summed E-state index contributed by atoms with van der Waals surface area (Å²) in [6, 6.07) is 11.6. The molecular formula is C25H30F2N4O2. The van der Waals surface area contributed by atoms with Crippen molar-refractivity contribution in [3.05, 3.63) is 71.8 Å². The standard InChI is InChI=1S/C25H30F2N4O2/c1-2-7-23(29-25(33)28-22-12-11-20(26)18-21(22)27)24(32)31-16-14-30(15-17-31)13-6-10-19-8-4-3-5-9-19/h3-6,8-12,18,23H,2,7,13-17H2,1H3,(H2,28,29,33)/b10-6+. The highest BCUT2D eigenvalue weighted by atomic mass is 19.1. The van der Waals surface area contributed by atoms with Crippen LogP contribution in [0.5, 0.6) is 0 Å². The molecule has 0 bridgehead atoms. The molecule has 1 atom stereocenters. The Kier molecular flexibility index (Phi) is 8.95. The maximum Gasteiger partial charge on any atom is 0.319 e. The number of hydrogen-bond donors (Lipinski definition) is 2. The van der Waals surface area contributed by atoms with Crippen molar-refractivity contribution in [3.8, 4) is 0 Å². The molecule has 3 amide bonds. The Bertz CT molecular complexity index is 960. The van der Waals surface area contributed by atoms with Crippen LogP contribution in [0.2, 0.25) is 0 Å². The lowest BCUT2D eigenvalue weighted by Crippen LogP contribution is -2.55. The maximum absolute atomic E-state index is 13.8. The largest absolute Gasteiger partial charge is 0.338 e. The van der Waals surface area contributed by atoms with Gasteiger partial charge in [0.25, 0.3) is 0 Å². The third-order valence-electron chi connectivity index (χ3n) is 5.52. The van der Waals surface area contributed by atoms with Gasteiger partial charge in [-0.25, -0.2) is 13.6 Å². The van der Waals surface area contributed by atoms with Crippen LogP contribution >= 0.6 is 0 Å². The summed E-state index contributed by atoms with van der Waals surface area (Å²) < 4.78 is 26.9. The molecule has 1 unspecified atom stereocenters. The number of benzene rings is 2. The number of halogens is 2. The van der Waals surface area contributed by atoms with E-state index in [0.29, 0.717) is 32.0 Å². The predicted molar refractivity (Wildman–Crippen MR) is 126 cm³/mol. The summed E-state index contributed by atoms with van der Waals surface area (Å²) in [4.78, 5) is 29.4. The Morgan fingerprint density at radius 2 is 1.79 bits per heavy atom. The van der Waals surface area contributed by atoms with Crippen LogP contribution in [0.3, 0.4) is 0 Å². The van der Waals surface area contributed by atoms with Gasteiger partial charge in [-0.15, -0.1) is 0 Å². The van der Waals surface area contributed by atoms with Crippen LogP contribution in [-0.2, 0) is 4.79 Å². The third kappa shape index (κ3) is 7.39. The Labute approximate surface area is 193 Å². The smallest absolute Gasteiger partial charge is 0.319 e. The summed E-state index contributed by atoms with van der Waals surface area (Å²) in [5, 5.41) is 4.99. The van der Waals surface area contributed by atoms with E-state index in [2.05, 4.69) is 39.8 Å². The molecule has 176 valence electrons. The average molecular weight is 457 g/mol. The number of piperazine rings is 1. The summed E-state index contributed by atoms with van der Waals surface area (Å²) in [7, 11) is 0. The van der Waals surface area contributed by atoms with Gasteiger partial charge in [0, 0.05) is 38.8 Å². The van der Waals surface area contributed by atoms with E-state index < -0.39 is 23.7 Å². The van der Waals surface area contributed by atoms with Crippen LogP contribution in [-0.4, -0.2) is 60.5 Å². The molecule has 1 aliphatic rings. The van der Waals surface area contributed by atoms with Gasteiger partial charge < -0.3 is 15.5 Å². The molecule has 0 spiro atoms. The second-order valence-corrected chi connectivity index (χ2v) is 8.00. The minimum atomic E-state index is -0.874. The second-order valence-electron chi connectivity index (χ2n) is 8.00. The van der Waals surface area contributed by atoms with Crippen molar-refractivity contribution in [2.24, 2.45) is 0 Å². The molecule has 6 nitrogen and oxygen atoms in total. The summed E-state index contributed by atoms with van der Waals surface area (Å²) >= 11 is 0. The van der Waals surface area contributed by atoms with E-state index in [-0.39, 0.29) is 11.6 Å². The van der Waals surface area contributed by atoms with E-state index >= 15 is 0 Å². The van der Waals surface area contributed by atoms with Gasteiger partial charge in [0.1, 0.15) is 17.7 Å². The van der Waals surface area contributed by atoms with E-state index in [1.54, 1.807) is 4.90 Å².